The molecule has 0 amide bonds. The van der Waals surface area contributed by atoms with Gasteiger partial charge in [0.2, 0.25) is 0 Å². The zero-order valence-electron chi connectivity index (χ0n) is 18.1. The van der Waals surface area contributed by atoms with Crippen molar-refractivity contribution in [3.8, 4) is 28.1 Å². The number of rotatable bonds is 5. The smallest absolute Gasteiger partial charge is 0.358 e. The Morgan fingerprint density at radius 1 is 0.824 bits per heavy atom. The summed E-state index contributed by atoms with van der Waals surface area (Å²) in [5.41, 5.74) is 2.53. The second-order valence-electron chi connectivity index (χ2n) is 7.89. The van der Waals surface area contributed by atoms with Gasteiger partial charge < -0.3 is 14.8 Å². The third-order valence-electron chi connectivity index (χ3n) is 5.73. The molecular weight excluding hydrogens is 428 g/mol. The Kier molecular flexibility index (Phi) is 5.40. The van der Waals surface area contributed by atoms with Crippen LogP contribution in [0.15, 0.2) is 102 Å². The molecule has 0 bridgehead atoms. The highest BCUT2D eigenvalue weighted by atomic mass is 16.4. The number of aromatic hydroxyl groups is 1. The van der Waals surface area contributed by atoms with E-state index in [0.29, 0.717) is 27.9 Å². The van der Waals surface area contributed by atoms with Crippen molar-refractivity contribution in [2.45, 2.75) is 6.54 Å². The van der Waals surface area contributed by atoms with E-state index in [0.717, 1.165) is 5.56 Å². The second-order valence-corrected chi connectivity index (χ2v) is 7.89. The molecule has 6 nitrogen and oxygen atoms in total. The van der Waals surface area contributed by atoms with Crippen LogP contribution in [-0.2, 0) is 6.54 Å². The number of hydrogen-bond donors (Lipinski definition) is 2. The fraction of sp³-hybridized carbons (Fsp3) is 0.0357. The SMILES string of the molecule is O=C(O)c1nc(-c2ccccc2)c2c(cc(-c3ccccc3)c(=O)n2Cc2ccccc2)c1O. The lowest BCUT2D eigenvalue weighted by Crippen LogP contribution is -2.24. The molecule has 0 aliphatic carbocycles. The summed E-state index contributed by atoms with van der Waals surface area (Å²) in [6, 6.07) is 29.2. The van der Waals surface area contributed by atoms with E-state index in [9.17, 15) is 19.8 Å². The lowest BCUT2D eigenvalue weighted by molar-refractivity contribution is 0.0687. The van der Waals surface area contributed by atoms with E-state index in [1.54, 1.807) is 22.8 Å². The highest BCUT2D eigenvalue weighted by molar-refractivity contribution is 6.04. The molecule has 34 heavy (non-hydrogen) atoms. The van der Waals surface area contributed by atoms with Gasteiger partial charge in [-0.05, 0) is 17.2 Å². The fourth-order valence-corrected chi connectivity index (χ4v) is 4.14. The molecule has 0 spiro atoms. The molecule has 5 rings (SSSR count). The van der Waals surface area contributed by atoms with Crippen LogP contribution in [0.4, 0.5) is 0 Å². The molecule has 0 aliphatic heterocycles. The molecule has 0 aliphatic rings. The number of aromatic carboxylic acids is 1. The van der Waals surface area contributed by atoms with Crippen LogP contribution >= 0.6 is 0 Å². The van der Waals surface area contributed by atoms with Crippen LogP contribution < -0.4 is 5.56 Å². The predicted octanol–water partition coefficient (Wildman–Crippen LogP) is 5.18. The molecule has 6 heteroatoms. The van der Waals surface area contributed by atoms with Gasteiger partial charge in [0.25, 0.3) is 5.56 Å². The number of pyridine rings is 2. The van der Waals surface area contributed by atoms with Gasteiger partial charge in [-0.2, -0.15) is 0 Å². The molecule has 5 aromatic rings. The largest absolute Gasteiger partial charge is 0.505 e. The van der Waals surface area contributed by atoms with E-state index in [1.165, 1.54) is 0 Å². The Bertz CT molecular complexity index is 1560. The number of carboxylic acids is 1. The maximum absolute atomic E-state index is 13.8. The van der Waals surface area contributed by atoms with Crippen molar-refractivity contribution in [2.24, 2.45) is 0 Å². The number of fused-ring (bicyclic) bond motifs is 1. The van der Waals surface area contributed by atoms with Crippen molar-refractivity contribution in [3.05, 3.63) is 119 Å². The first-order valence-corrected chi connectivity index (χ1v) is 10.7. The lowest BCUT2D eigenvalue weighted by atomic mass is 10.0. The Labute approximate surface area is 195 Å². The van der Waals surface area contributed by atoms with Crippen LogP contribution in [0.3, 0.4) is 0 Å². The van der Waals surface area contributed by atoms with Crippen LogP contribution in [0.25, 0.3) is 33.3 Å². The van der Waals surface area contributed by atoms with Gasteiger partial charge in [-0.3, -0.25) is 4.79 Å². The molecule has 3 aromatic carbocycles. The fourth-order valence-electron chi connectivity index (χ4n) is 4.14. The van der Waals surface area contributed by atoms with E-state index in [-0.39, 0.29) is 17.5 Å². The minimum Gasteiger partial charge on any atom is -0.505 e. The highest BCUT2D eigenvalue weighted by Gasteiger charge is 2.24. The average Bonchev–Trinajstić information content (AvgIpc) is 2.87. The maximum Gasteiger partial charge on any atom is 0.358 e. The predicted molar refractivity (Wildman–Crippen MR) is 131 cm³/mol. The second kappa shape index (κ2) is 8.67. The molecule has 2 heterocycles. The molecule has 2 N–H and O–H groups in total. The zero-order valence-corrected chi connectivity index (χ0v) is 18.1. The number of benzene rings is 3. The molecule has 0 radical (unpaired) electrons. The Hall–Kier alpha value is -4.71. The minimum atomic E-state index is -1.35. The van der Waals surface area contributed by atoms with Crippen molar-refractivity contribution in [3.63, 3.8) is 0 Å². The summed E-state index contributed by atoms with van der Waals surface area (Å²) in [4.78, 5) is 30.1. The first-order valence-electron chi connectivity index (χ1n) is 10.7. The quantitative estimate of drug-likeness (QED) is 0.386. The van der Waals surface area contributed by atoms with Crippen LogP contribution in [-0.4, -0.2) is 25.7 Å². The zero-order chi connectivity index (χ0) is 23.7. The standard InChI is InChI=1S/C28H20N2O4/c31-26-22-16-21(19-12-6-2-7-13-19)27(32)30(17-18-10-4-1-5-11-18)25(22)23(29-24(26)28(33)34)20-14-8-3-9-15-20/h1-16,31H,17H2,(H,33,34). The van der Waals surface area contributed by atoms with Crippen LogP contribution in [0.5, 0.6) is 5.75 Å². The minimum absolute atomic E-state index is 0.226. The first-order chi connectivity index (χ1) is 16.5. The van der Waals surface area contributed by atoms with Gasteiger partial charge in [0.1, 0.15) is 0 Å². The van der Waals surface area contributed by atoms with Crippen molar-refractivity contribution in [1.82, 2.24) is 9.55 Å². The summed E-state index contributed by atoms with van der Waals surface area (Å²) in [7, 11) is 0. The molecule has 166 valence electrons. The van der Waals surface area contributed by atoms with E-state index < -0.39 is 17.4 Å². The number of hydrogen-bond acceptors (Lipinski definition) is 4. The Morgan fingerprint density at radius 2 is 1.38 bits per heavy atom. The van der Waals surface area contributed by atoms with Crippen LogP contribution in [0.2, 0.25) is 0 Å². The molecule has 0 atom stereocenters. The topological polar surface area (TPSA) is 92.4 Å². The monoisotopic (exact) mass is 448 g/mol. The van der Waals surface area contributed by atoms with Gasteiger partial charge in [0.05, 0.1) is 17.8 Å². The Morgan fingerprint density at radius 3 is 1.97 bits per heavy atom. The summed E-state index contributed by atoms with van der Waals surface area (Å²) in [5.74, 6) is -1.82. The molecule has 2 aromatic heterocycles. The summed E-state index contributed by atoms with van der Waals surface area (Å²) < 4.78 is 1.56. The van der Waals surface area contributed by atoms with Crippen LogP contribution in [0, 0.1) is 0 Å². The van der Waals surface area contributed by atoms with Gasteiger partial charge in [0, 0.05) is 16.5 Å². The van der Waals surface area contributed by atoms with Crippen molar-refractivity contribution < 1.29 is 15.0 Å². The number of aromatic nitrogens is 2. The van der Waals surface area contributed by atoms with Crippen molar-refractivity contribution in [2.75, 3.05) is 0 Å². The molecule has 0 saturated heterocycles. The average molecular weight is 448 g/mol. The third kappa shape index (κ3) is 3.71. The van der Waals surface area contributed by atoms with E-state index in [1.807, 2.05) is 78.9 Å². The number of nitrogens with zero attached hydrogens (tertiary/aromatic N) is 2. The molecule has 0 fully saturated rings. The van der Waals surface area contributed by atoms with Gasteiger partial charge in [-0.1, -0.05) is 91.0 Å². The maximum atomic E-state index is 13.8. The van der Waals surface area contributed by atoms with Crippen LogP contribution in [0.1, 0.15) is 16.1 Å². The summed E-state index contributed by atoms with van der Waals surface area (Å²) >= 11 is 0. The third-order valence-corrected chi connectivity index (χ3v) is 5.73. The first kappa shape index (κ1) is 21.2. The lowest BCUT2D eigenvalue weighted by Gasteiger charge is -2.18. The van der Waals surface area contributed by atoms with Gasteiger partial charge in [0.15, 0.2) is 11.4 Å². The Balaban J connectivity index is 1.94. The normalized spacial score (nSPS) is 10.9. The van der Waals surface area contributed by atoms with Gasteiger partial charge >= 0.3 is 5.97 Å². The number of carboxylic acid groups (broad SMARTS) is 1. The molecule has 0 unspecified atom stereocenters. The van der Waals surface area contributed by atoms with E-state index >= 15 is 0 Å². The van der Waals surface area contributed by atoms with E-state index in [4.69, 9.17) is 0 Å². The summed E-state index contributed by atoms with van der Waals surface area (Å²) in [6.07, 6.45) is 0. The van der Waals surface area contributed by atoms with Crippen molar-refractivity contribution in [1.29, 1.82) is 0 Å². The summed E-state index contributed by atoms with van der Waals surface area (Å²) in [5, 5.41) is 21.0. The van der Waals surface area contributed by atoms with Gasteiger partial charge in [-0.25, -0.2) is 9.78 Å². The highest BCUT2D eigenvalue weighted by Crippen LogP contribution is 2.36. The summed E-state index contributed by atoms with van der Waals surface area (Å²) in [6.45, 7) is 0.226. The molecule has 0 saturated carbocycles. The van der Waals surface area contributed by atoms with Crippen molar-refractivity contribution >= 4 is 16.9 Å². The number of carbonyl (C=O) groups is 1. The van der Waals surface area contributed by atoms with E-state index in [2.05, 4.69) is 4.98 Å². The van der Waals surface area contributed by atoms with Gasteiger partial charge in [-0.15, -0.1) is 0 Å². The molecular formula is C28H20N2O4.